The SMILES string of the molecule is CCS(=O)(=O)Nc1ccc(S(=O)(=O)N2CCCC2CNC)c(OC)c1.Cl. The Hall–Kier alpha value is -1.07. The first-order valence-electron chi connectivity index (χ1n) is 8.10. The van der Waals surface area contributed by atoms with E-state index in [-0.39, 0.29) is 40.5 Å². The second-order valence-electron chi connectivity index (χ2n) is 5.84. The minimum absolute atomic E-state index is 0. The number of likely N-dealkylation sites (N-methyl/N-ethyl adjacent to an activating group) is 1. The monoisotopic (exact) mass is 427 g/mol. The maximum atomic E-state index is 13.0. The van der Waals surface area contributed by atoms with Gasteiger partial charge in [0.2, 0.25) is 20.0 Å². The maximum absolute atomic E-state index is 13.0. The van der Waals surface area contributed by atoms with Crippen LogP contribution in [0.5, 0.6) is 5.75 Å². The minimum atomic E-state index is -3.73. The number of anilines is 1. The van der Waals surface area contributed by atoms with Gasteiger partial charge in [-0.15, -0.1) is 12.4 Å². The molecule has 0 amide bonds. The van der Waals surface area contributed by atoms with Crippen LogP contribution in [0.25, 0.3) is 0 Å². The number of rotatable bonds is 8. The third-order valence-electron chi connectivity index (χ3n) is 4.17. The van der Waals surface area contributed by atoms with Crippen LogP contribution in [0.1, 0.15) is 19.8 Å². The number of hydrogen-bond donors (Lipinski definition) is 2. The summed E-state index contributed by atoms with van der Waals surface area (Å²) in [7, 11) is -4.03. The number of methoxy groups -OCH3 is 1. The number of benzene rings is 1. The lowest BCUT2D eigenvalue weighted by Crippen LogP contribution is -2.40. The van der Waals surface area contributed by atoms with Crippen molar-refractivity contribution < 1.29 is 21.6 Å². The van der Waals surface area contributed by atoms with Gasteiger partial charge in [0.1, 0.15) is 10.6 Å². The van der Waals surface area contributed by atoms with Gasteiger partial charge in [0.05, 0.1) is 18.6 Å². The molecule has 0 aromatic heterocycles. The predicted molar refractivity (Wildman–Crippen MR) is 104 cm³/mol. The average Bonchev–Trinajstić information content (AvgIpc) is 3.03. The molecule has 1 heterocycles. The van der Waals surface area contributed by atoms with Gasteiger partial charge in [-0.05, 0) is 38.9 Å². The van der Waals surface area contributed by atoms with Gasteiger partial charge in [-0.25, -0.2) is 16.8 Å². The summed E-state index contributed by atoms with van der Waals surface area (Å²) >= 11 is 0. The fourth-order valence-corrected chi connectivity index (χ4v) is 5.35. The van der Waals surface area contributed by atoms with Crippen molar-refractivity contribution in [2.24, 2.45) is 0 Å². The quantitative estimate of drug-likeness (QED) is 0.647. The van der Waals surface area contributed by atoms with Crippen LogP contribution in [-0.2, 0) is 20.0 Å². The van der Waals surface area contributed by atoms with Crippen LogP contribution in [-0.4, -0.2) is 60.2 Å². The molecule has 26 heavy (non-hydrogen) atoms. The molecule has 1 atom stereocenters. The number of sulfonamides is 2. The van der Waals surface area contributed by atoms with Gasteiger partial charge in [0, 0.05) is 25.2 Å². The molecule has 0 aliphatic carbocycles. The molecule has 0 spiro atoms. The molecule has 8 nitrogen and oxygen atoms in total. The van der Waals surface area contributed by atoms with Crippen molar-refractivity contribution in [2.75, 3.05) is 37.7 Å². The summed E-state index contributed by atoms with van der Waals surface area (Å²) in [4.78, 5) is 0.0393. The Morgan fingerprint density at radius 1 is 1.27 bits per heavy atom. The molecule has 1 unspecified atom stereocenters. The van der Waals surface area contributed by atoms with E-state index in [4.69, 9.17) is 4.74 Å². The van der Waals surface area contributed by atoms with E-state index in [1.807, 2.05) is 0 Å². The first-order valence-corrected chi connectivity index (χ1v) is 11.2. The molecule has 1 aliphatic rings. The highest BCUT2D eigenvalue weighted by molar-refractivity contribution is 7.92. The molecule has 11 heteroatoms. The highest BCUT2D eigenvalue weighted by Gasteiger charge is 2.36. The van der Waals surface area contributed by atoms with Gasteiger partial charge in [0.25, 0.3) is 0 Å². The van der Waals surface area contributed by atoms with E-state index in [0.29, 0.717) is 13.1 Å². The molecule has 1 aromatic carbocycles. The molecular formula is C15H26ClN3O5S2. The molecule has 1 fully saturated rings. The summed E-state index contributed by atoms with van der Waals surface area (Å²) in [5.41, 5.74) is 0.269. The van der Waals surface area contributed by atoms with Crippen LogP contribution >= 0.6 is 12.4 Å². The van der Waals surface area contributed by atoms with E-state index >= 15 is 0 Å². The summed E-state index contributed by atoms with van der Waals surface area (Å²) in [6.07, 6.45) is 1.61. The Kier molecular flexibility index (Phi) is 8.15. The van der Waals surface area contributed by atoms with E-state index in [9.17, 15) is 16.8 Å². The molecule has 1 aromatic rings. The van der Waals surface area contributed by atoms with Gasteiger partial charge >= 0.3 is 0 Å². The van der Waals surface area contributed by atoms with Crippen molar-refractivity contribution in [2.45, 2.75) is 30.7 Å². The largest absolute Gasteiger partial charge is 0.495 e. The van der Waals surface area contributed by atoms with Gasteiger partial charge < -0.3 is 10.1 Å². The van der Waals surface area contributed by atoms with E-state index < -0.39 is 20.0 Å². The Morgan fingerprint density at radius 3 is 2.54 bits per heavy atom. The van der Waals surface area contributed by atoms with Crippen molar-refractivity contribution >= 4 is 38.1 Å². The van der Waals surface area contributed by atoms with E-state index in [1.54, 1.807) is 7.05 Å². The molecule has 0 bridgehead atoms. The highest BCUT2D eigenvalue weighted by atomic mass is 35.5. The van der Waals surface area contributed by atoms with Gasteiger partial charge in [-0.1, -0.05) is 0 Å². The van der Waals surface area contributed by atoms with Gasteiger partial charge in [0.15, 0.2) is 0 Å². The highest BCUT2D eigenvalue weighted by Crippen LogP contribution is 2.33. The molecule has 0 radical (unpaired) electrons. The Balaban J connectivity index is 0.00000338. The summed E-state index contributed by atoms with van der Waals surface area (Å²) < 4.78 is 58.5. The lowest BCUT2D eigenvalue weighted by molar-refractivity contribution is 0.370. The zero-order chi connectivity index (χ0) is 18.7. The second-order valence-corrected chi connectivity index (χ2v) is 9.71. The Bertz CT molecular complexity index is 815. The third kappa shape index (κ3) is 5.01. The van der Waals surface area contributed by atoms with Gasteiger partial charge in [-0.3, -0.25) is 4.72 Å². The van der Waals surface area contributed by atoms with Crippen molar-refractivity contribution in [3.63, 3.8) is 0 Å². The van der Waals surface area contributed by atoms with Crippen molar-refractivity contribution in [3.8, 4) is 5.75 Å². The van der Waals surface area contributed by atoms with Crippen molar-refractivity contribution in [1.82, 2.24) is 9.62 Å². The van der Waals surface area contributed by atoms with Crippen molar-refractivity contribution in [1.29, 1.82) is 0 Å². The van der Waals surface area contributed by atoms with Gasteiger partial charge in [-0.2, -0.15) is 4.31 Å². The Labute approximate surface area is 161 Å². The lowest BCUT2D eigenvalue weighted by Gasteiger charge is -2.25. The smallest absolute Gasteiger partial charge is 0.247 e. The molecule has 1 aliphatic heterocycles. The van der Waals surface area contributed by atoms with Crippen LogP contribution in [0, 0.1) is 0 Å². The van der Waals surface area contributed by atoms with Crippen molar-refractivity contribution in [3.05, 3.63) is 18.2 Å². The van der Waals surface area contributed by atoms with E-state index in [2.05, 4.69) is 10.0 Å². The zero-order valence-electron chi connectivity index (χ0n) is 15.1. The number of ether oxygens (including phenoxy) is 1. The normalized spacial score (nSPS) is 18.3. The zero-order valence-corrected chi connectivity index (χ0v) is 17.5. The molecule has 1 saturated heterocycles. The van der Waals surface area contributed by atoms with Crippen LogP contribution in [0.2, 0.25) is 0 Å². The summed E-state index contributed by atoms with van der Waals surface area (Å²) in [6.45, 7) is 2.56. The number of halogens is 1. The number of nitrogens with one attached hydrogen (secondary N) is 2. The maximum Gasteiger partial charge on any atom is 0.247 e. The molecule has 2 N–H and O–H groups in total. The second kappa shape index (κ2) is 9.23. The third-order valence-corrected chi connectivity index (χ3v) is 7.46. The fraction of sp³-hybridized carbons (Fsp3) is 0.600. The molecule has 150 valence electrons. The first-order chi connectivity index (χ1) is 11.7. The standard InChI is InChI=1S/C15H25N3O5S2.ClH/c1-4-24(19,20)17-12-7-8-15(14(10-12)23-3)25(21,22)18-9-5-6-13(18)11-16-2;/h7-8,10,13,16-17H,4-6,9,11H2,1-3H3;1H. The number of hydrogen-bond acceptors (Lipinski definition) is 6. The number of nitrogens with zero attached hydrogens (tertiary/aromatic N) is 1. The fourth-order valence-electron chi connectivity index (χ4n) is 2.89. The topological polar surface area (TPSA) is 105 Å². The predicted octanol–water partition coefficient (Wildman–Crippen LogP) is 1.25. The van der Waals surface area contributed by atoms with Crippen LogP contribution in [0.3, 0.4) is 0 Å². The average molecular weight is 428 g/mol. The van der Waals surface area contributed by atoms with Crippen LogP contribution < -0.4 is 14.8 Å². The lowest BCUT2D eigenvalue weighted by atomic mass is 10.2. The minimum Gasteiger partial charge on any atom is -0.495 e. The van der Waals surface area contributed by atoms with E-state index in [0.717, 1.165) is 12.8 Å². The first kappa shape index (κ1) is 23.0. The summed E-state index contributed by atoms with van der Waals surface area (Å²) in [5, 5.41) is 3.02. The Morgan fingerprint density at radius 2 is 1.96 bits per heavy atom. The molecule has 2 rings (SSSR count). The van der Waals surface area contributed by atoms with Crippen LogP contribution in [0.4, 0.5) is 5.69 Å². The summed E-state index contributed by atoms with van der Waals surface area (Å²) in [6, 6.07) is 4.11. The molecular weight excluding hydrogens is 402 g/mol. The summed E-state index contributed by atoms with van der Waals surface area (Å²) in [5.74, 6) is 0.0425. The molecule has 0 saturated carbocycles. The van der Waals surface area contributed by atoms with E-state index in [1.165, 1.54) is 36.5 Å². The van der Waals surface area contributed by atoms with Crippen LogP contribution in [0.15, 0.2) is 23.1 Å².